The molecule has 2 aromatic rings. The molecule has 0 aliphatic carbocycles. The Bertz CT molecular complexity index is 712. The largest absolute Gasteiger partial charge is 0.497 e. The number of carbonyl (C=O) groups is 2. The zero-order valence-electron chi connectivity index (χ0n) is 13.5. The van der Waals surface area contributed by atoms with Gasteiger partial charge in [0.1, 0.15) is 5.75 Å². The fourth-order valence-electron chi connectivity index (χ4n) is 2.02. The highest BCUT2D eigenvalue weighted by atomic mass is 16.5. The van der Waals surface area contributed by atoms with Crippen molar-refractivity contribution in [3.63, 3.8) is 0 Å². The van der Waals surface area contributed by atoms with Gasteiger partial charge in [-0.3, -0.25) is 9.59 Å². The Labute approximate surface area is 141 Å². The number of hydrogen-bond acceptors (Lipinski definition) is 3. The van der Waals surface area contributed by atoms with Crippen LogP contribution in [0.4, 0.5) is 0 Å². The Morgan fingerprint density at radius 1 is 1.00 bits per heavy atom. The first-order chi connectivity index (χ1) is 11.7. The standard InChI is InChI=1S/C19H20N2O3/c1-24-17-9-5-8-16(14-17)19(23)21-13-12-20-18(22)11-10-15-6-3-2-4-7-15/h2-11,14H,12-13H2,1H3,(H,20,22)(H,21,23)/b11-10+. The highest BCUT2D eigenvalue weighted by Gasteiger charge is 2.05. The van der Waals surface area contributed by atoms with Crippen LogP contribution in [0.25, 0.3) is 6.08 Å². The molecule has 0 fully saturated rings. The first-order valence-corrected chi connectivity index (χ1v) is 7.62. The second-order valence-electron chi connectivity index (χ2n) is 5.02. The first kappa shape index (κ1) is 17.3. The third-order valence-corrected chi connectivity index (χ3v) is 3.27. The molecule has 2 N–H and O–H groups in total. The van der Waals surface area contributed by atoms with Crippen molar-refractivity contribution in [3.05, 3.63) is 71.8 Å². The molecule has 5 nitrogen and oxygen atoms in total. The van der Waals surface area contributed by atoms with Crippen LogP contribution in [-0.4, -0.2) is 32.0 Å². The molecule has 5 heteroatoms. The van der Waals surface area contributed by atoms with E-state index in [1.54, 1.807) is 37.5 Å². The molecule has 0 aromatic heterocycles. The van der Waals surface area contributed by atoms with Crippen LogP contribution in [0.2, 0.25) is 0 Å². The minimum Gasteiger partial charge on any atom is -0.497 e. The van der Waals surface area contributed by atoms with Gasteiger partial charge in [0, 0.05) is 24.7 Å². The van der Waals surface area contributed by atoms with Crippen molar-refractivity contribution >= 4 is 17.9 Å². The van der Waals surface area contributed by atoms with Crippen LogP contribution in [0.1, 0.15) is 15.9 Å². The van der Waals surface area contributed by atoms with Crippen molar-refractivity contribution in [2.45, 2.75) is 0 Å². The fourth-order valence-corrected chi connectivity index (χ4v) is 2.02. The van der Waals surface area contributed by atoms with Crippen molar-refractivity contribution in [1.29, 1.82) is 0 Å². The lowest BCUT2D eigenvalue weighted by Gasteiger charge is -2.07. The third-order valence-electron chi connectivity index (χ3n) is 3.27. The predicted molar refractivity (Wildman–Crippen MR) is 93.8 cm³/mol. The molecular weight excluding hydrogens is 304 g/mol. The number of carbonyl (C=O) groups excluding carboxylic acids is 2. The quantitative estimate of drug-likeness (QED) is 0.606. The minimum absolute atomic E-state index is 0.200. The molecule has 0 aliphatic heterocycles. The second kappa shape index (κ2) is 9.15. The predicted octanol–water partition coefficient (Wildman–Crippen LogP) is 2.25. The van der Waals surface area contributed by atoms with Crippen LogP contribution < -0.4 is 15.4 Å². The summed E-state index contributed by atoms with van der Waals surface area (Å²) < 4.78 is 5.08. The molecule has 2 rings (SSSR count). The molecular formula is C19H20N2O3. The van der Waals surface area contributed by atoms with E-state index in [1.165, 1.54) is 6.08 Å². The van der Waals surface area contributed by atoms with E-state index in [0.717, 1.165) is 5.56 Å². The van der Waals surface area contributed by atoms with Crippen molar-refractivity contribution in [2.24, 2.45) is 0 Å². The summed E-state index contributed by atoms with van der Waals surface area (Å²) >= 11 is 0. The molecule has 0 saturated heterocycles. The lowest BCUT2D eigenvalue weighted by Crippen LogP contribution is -2.33. The van der Waals surface area contributed by atoms with Crippen LogP contribution in [-0.2, 0) is 4.79 Å². The number of hydrogen-bond donors (Lipinski definition) is 2. The zero-order valence-corrected chi connectivity index (χ0v) is 13.5. The Balaban J connectivity index is 1.71. The molecule has 0 heterocycles. The van der Waals surface area contributed by atoms with E-state index >= 15 is 0 Å². The van der Waals surface area contributed by atoms with Gasteiger partial charge in [0.05, 0.1) is 7.11 Å². The average molecular weight is 324 g/mol. The maximum Gasteiger partial charge on any atom is 0.251 e. The van der Waals surface area contributed by atoms with Crippen molar-refractivity contribution in [2.75, 3.05) is 20.2 Å². The fraction of sp³-hybridized carbons (Fsp3) is 0.158. The van der Waals surface area contributed by atoms with E-state index < -0.39 is 0 Å². The summed E-state index contributed by atoms with van der Waals surface area (Å²) in [7, 11) is 1.55. The van der Waals surface area contributed by atoms with Crippen molar-refractivity contribution in [1.82, 2.24) is 10.6 Å². The Morgan fingerprint density at radius 3 is 2.50 bits per heavy atom. The van der Waals surface area contributed by atoms with Gasteiger partial charge < -0.3 is 15.4 Å². The Hall–Kier alpha value is -3.08. The van der Waals surface area contributed by atoms with Gasteiger partial charge in [0.2, 0.25) is 5.91 Å². The van der Waals surface area contributed by atoms with E-state index in [2.05, 4.69) is 10.6 Å². The van der Waals surface area contributed by atoms with Crippen molar-refractivity contribution in [3.8, 4) is 5.75 Å². The zero-order chi connectivity index (χ0) is 17.2. The maximum atomic E-state index is 12.0. The average Bonchev–Trinajstić information content (AvgIpc) is 2.64. The van der Waals surface area contributed by atoms with Crippen LogP contribution in [0.5, 0.6) is 5.75 Å². The van der Waals surface area contributed by atoms with Crippen molar-refractivity contribution < 1.29 is 14.3 Å². The first-order valence-electron chi connectivity index (χ1n) is 7.62. The molecule has 24 heavy (non-hydrogen) atoms. The van der Waals surface area contributed by atoms with E-state index in [4.69, 9.17) is 4.74 Å². The summed E-state index contributed by atoms with van der Waals surface area (Å²) in [5.41, 5.74) is 1.48. The molecule has 0 unspecified atom stereocenters. The van der Waals surface area contributed by atoms with Gasteiger partial charge in [-0.25, -0.2) is 0 Å². The highest BCUT2D eigenvalue weighted by Crippen LogP contribution is 2.12. The Morgan fingerprint density at radius 2 is 1.75 bits per heavy atom. The van der Waals surface area contributed by atoms with Gasteiger partial charge in [-0.2, -0.15) is 0 Å². The lowest BCUT2D eigenvalue weighted by molar-refractivity contribution is -0.116. The molecule has 0 saturated carbocycles. The number of benzene rings is 2. The van der Waals surface area contributed by atoms with Gasteiger partial charge in [0.15, 0.2) is 0 Å². The summed E-state index contributed by atoms with van der Waals surface area (Å²) in [6, 6.07) is 16.5. The monoisotopic (exact) mass is 324 g/mol. The summed E-state index contributed by atoms with van der Waals surface area (Å²) in [5, 5.41) is 5.46. The minimum atomic E-state index is -0.206. The van der Waals surface area contributed by atoms with Gasteiger partial charge in [-0.1, -0.05) is 36.4 Å². The van der Waals surface area contributed by atoms with Crippen LogP contribution >= 0.6 is 0 Å². The van der Waals surface area contributed by atoms with Crippen LogP contribution in [0.3, 0.4) is 0 Å². The number of rotatable bonds is 7. The summed E-state index contributed by atoms with van der Waals surface area (Å²) in [5.74, 6) is 0.222. The second-order valence-corrected chi connectivity index (χ2v) is 5.02. The normalized spacial score (nSPS) is 10.4. The molecule has 0 spiro atoms. The van der Waals surface area contributed by atoms with Gasteiger partial charge in [-0.05, 0) is 29.8 Å². The van der Waals surface area contributed by atoms with E-state index in [-0.39, 0.29) is 11.8 Å². The molecule has 0 bridgehead atoms. The smallest absolute Gasteiger partial charge is 0.251 e. The van der Waals surface area contributed by atoms with E-state index in [9.17, 15) is 9.59 Å². The maximum absolute atomic E-state index is 12.0. The molecule has 2 aromatic carbocycles. The summed E-state index contributed by atoms with van der Waals surface area (Å²) in [4.78, 5) is 23.7. The van der Waals surface area contributed by atoms with Crippen LogP contribution in [0.15, 0.2) is 60.7 Å². The number of nitrogens with one attached hydrogen (secondary N) is 2. The summed E-state index contributed by atoms with van der Waals surface area (Å²) in [6.45, 7) is 0.703. The third kappa shape index (κ3) is 5.61. The number of methoxy groups -OCH3 is 1. The molecule has 124 valence electrons. The molecule has 0 atom stereocenters. The van der Waals surface area contributed by atoms with Gasteiger partial charge in [0.25, 0.3) is 5.91 Å². The van der Waals surface area contributed by atoms with E-state index in [1.807, 2.05) is 30.3 Å². The number of amides is 2. The Kier molecular flexibility index (Phi) is 6.58. The molecule has 0 radical (unpaired) electrons. The van der Waals surface area contributed by atoms with Gasteiger partial charge in [-0.15, -0.1) is 0 Å². The SMILES string of the molecule is COc1cccc(C(=O)NCCNC(=O)/C=C/c2ccccc2)c1. The molecule has 0 aliphatic rings. The van der Waals surface area contributed by atoms with E-state index in [0.29, 0.717) is 24.4 Å². The summed E-state index contributed by atoms with van der Waals surface area (Å²) in [6.07, 6.45) is 3.21. The lowest BCUT2D eigenvalue weighted by atomic mass is 10.2. The molecule has 2 amide bonds. The van der Waals surface area contributed by atoms with Crippen LogP contribution in [0, 0.1) is 0 Å². The highest BCUT2D eigenvalue weighted by molar-refractivity contribution is 5.94. The topological polar surface area (TPSA) is 67.4 Å². The number of ether oxygens (including phenoxy) is 1. The van der Waals surface area contributed by atoms with Gasteiger partial charge >= 0.3 is 0 Å².